The average Bonchev–Trinajstić information content (AvgIpc) is 3.40. The zero-order valence-corrected chi connectivity index (χ0v) is 17.3. The van der Waals surface area contributed by atoms with Crippen LogP contribution >= 0.6 is 24.0 Å². The van der Waals surface area contributed by atoms with Crippen LogP contribution in [0.2, 0.25) is 0 Å². The summed E-state index contributed by atoms with van der Waals surface area (Å²) in [5, 5.41) is 7.68. The smallest absolute Gasteiger partial charge is 0.193 e. The van der Waals surface area contributed by atoms with E-state index < -0.39 is 0 Å². The molecule has 0 saturated carbocycles. The quantitative estimate of drug-likeness (QED) is 0.425. The van der Waals surface area contributed by atoms with Gasteiger partial charge in [0.2, 0.25) is 0 Å². The van der Waals surface area contributed by atoms with Crippen LogP contribution in [-0.2, 0) is 11.3 Å². The number of halogens is 1. The lowest BCUT2D eigenvalue weighted by Crippen LogP contribution is -2.41. The van der Waals surface area contributed by atoms with Crippen LogP contribution in [0.25, 0.3) is 5.69 Å². The van der Waals surface area contributed by atoms with Crippen molar-refractivity contribution >= 4 is 29.9 Å². The molecule has 2 fully saturated rings. The van der Waals surface area contributed by atoms with Gasteiger partial charge in [-0.2, -0.15) is 5.10 Å². The van der Waals surface area contributed by atoms with E-state index in [0.717, 1.165) is 44.5 Å². The molecule has 0 aliphatic carbocycles. The largest absolute Gasteiger partial charge is 0.381 e. The Bertz CT molecular complexity index is 742. The second kappa shape index (κ2) is 8.34. The fourth-order valence-electron chi connectivity index (χ4n) is 3.75. The Labute approximate surface area is 170 Å². The third kappa shape index (κ3) is 4.01. The van der Waals surface area contributed by atoms with Crippen LogP contribution in [0.4, 0.5) is 0 Å². The minimum atomic E-state index is 0. The fraction of sp³-hybridized carbons (Fsp3) is 0.500. The minimum absolute atomic E-state index is 0. The van der Waals surface area contributed by atoms with Crippen molar-refractivity contribution in [2.24, 2.45) is 10.4 Å². The van der Waals surface area contributed by atoms with E-state index in [1.807, 2.05) is 19.2 Å². The van der Waals surface area contributed by atoms with Crippen LogP contribution in [0.1, 0.15) is 18.4 Å². The highest BCUT2D eigenvalue weighted by Gasteiger charge is 2.42. The first-order valence-electron chi connectivity index (χ1n) is 8.75. The number of aliphatic imine (C=N–C) groups is 1. The van der Waals surface area contributed by atoms with Crippen LogP contribution in [0.5, 0.6) is 0 Å². The van der Waals surface area contributed by atoms with Crippen molar-refractivity contribution in [3.05, 3.63) is 42.5 Å². The highest BCUT2D eigenvalue weighted by Crippen LogP contribution is 2.38. The molecular formula is C18H25IN6O. The number of ether oxygens (including phenoxy) is 1. The predicted molar refractivity (Wildman–Crippen MR) is 111 cm³/mol. The first-order valence-corrected chi connectivity index (χ1v) is 8.75. The SMILES string of the molecule is CN=C(NCc1cccc(-n2cncn2)c1)N1CCC2(CCOC2)C1.I. The summed E-state index contributed by atoms with van der Waals surface area (Å²) in [6.45, 7) is 4.60. The number of guanidine groups is 1. The van der Waals surface area contributed by atoms with Gasteiger partial charge in [-0.15, -0.1) is 24.0 Å². The molecule has 0 bridgehead atoms. The number of benzene rings is 1. The monoisotopic (exact) mass is 468 g/mol. The van der Waals surface area contributed by atoms with E-state index in [0.29, 0.717) is 5.41 Å². The van der Waals surface area contributed by atoms with Gasteiger partial charge >= 0.3 is 0 Å². The third-order valence-corrected chi connectivity index (χ3v) is 5.18. The van der Waals surface area contributed by atoms with E-state index in [1.165, 1.54) is 18.4 Å². The molecule has 8 heteroatoms. The Balaban J connectivity index is 0.00000196. The molecule has 3 heterocycles. The van der Waals surface area contributed by atoms with Crippen LogP contribution in [0, 0.1) is 5.41 Å². The van der Waals surface area contributed by atoms with Gasteiger partial charge in [0.05, 0.1) is 12.3 Å². The number of likely N-dealkylation sites (tertiary alicyclic amines) is 1. The van der Waals surface area contributed by atoms with Gasteiger partial charge in [0.15, 0.2) is 5.96 Å². The zero-order chi connectivity index (χ0) is 17.1. The molecule has 140 valence electrons. The van der Waals surface area contributed by atoms with Crippen molar-refractivity contribution in [2.75, 3.05) is 33.4 Å². The first kappa shape index (κ1) is 19.1. The summed E-state index contributed by atoms with van der Waals surface area (Å²) in [4.78, 5) is 10.8. The highest BCUT2D eigenvalue weighted by molar-refractivity contribution is 14.0. The molecule has 1 spiro atoms. The Morgan fingerprint density at radius 2 is 2.31 bits per heavy atom. The fourth-order valence-corrected chi connectivity index (χ4v) is 3.75. The Hall–Kier alpha value is -1.68. The van der Waals surface area contributed by atoms with E-state index in [9.17, 15) is 0 Å². The van der Waals surface area contributed by atoms with E-state index in [1.54, 1.807) is 17.3 Å². The van der Waals surface area contributed by atoms with Crippen molar-refractivity contribution in [1.82, 2.24) is 25.0 Å². The lowest BCUT2D eigenvalue weighted by Gasteiger charge is -2.25. The number of rotatable bonds is 3. The van der Waals surface area contributed by atoms with Gasteiger partial charge in [-0.25, -0.2) is 9.67 Å². The van der Waals surface area contributed by atoms with Crippen molar-refractivity contribution in [1.29, 1.82) is 0 Å². The van der Waals surface area contributed by atoms with E-state index in [-0.39, 0.29) is 24.0 Å². The summed E-state index contributed by atoms with van der Waals surface area (Å²) in [5.74, 6) is 0.968. The van der Waals surface area contributed by atoms with Gasteiger partial charge in [-0.1, -0.05) is 12.1 Å². The molecular weight excluding hydrogens is 443 g/mol. The lowest BCUT2D eigenvalue weighted by atomic mass is 9.87. The van der Waals surface area contributed by atoms with Gasteiger partial charge in [-0.3, -0.25) is 4.99 Å². The van der Waals surface area contributed by atoms with E-state index in [4.69, 9.17) is 4.74 Å². The molecule has 0 radical (unpaired) electrons. The summed E-state index contributed by atoms with van der Waals surface area (Å²) in [5.41, 5.74) is 2.53. The molecule has 2 aliphatic heterocycles. The summed E-state index contributed by atoms with van der Waals surface area (Å²) < 4.78 is 7.39. The molecule has 1 N–H and O–H groups in total. The third-order valence-electron chi connectivity index (χ3n) is 5.18. The van der Waals surface area contributed by atoms with Crippen LogP contribution < -0.4 is 5.32 Å². The van der Waals surface area contributed by atoms with Crippen molar-refractivity contribution in [2.45, 2.75) is 19.4 Å². The lowest BCUT2D eigenvalue weighted by molar-refractivity contribution is 0.156. The minimum Gasteiger partial charge on any atom is -0.381 e. The predicted octanol–water partition coefficient (Wildman–Crippen LogP) is 2.07. The molecule has 1 atom stereocenters. The molecule has 1 aromatic heterocycles. The maximum atomic E-state index is 5.62. The zero-order valence-electron chi connectivity index (χ0n) is 15.0. The average molecular weight is 468 g/mol. The topological polar surface area (TPSA) is 67.6 Å². The van der Waals surface area contributed by atoms with Gasteiger partial charge in [0.25, 0.3) is 0 Å². The van der Waals surface area contributed by atoms with Gasteiger partial charge < -0.3 is 15.0 Å². The Morgan fingerprint density at radius 3 is 3.04 bits per heavy atom. The molecule has 4 rings (SSSR count). The summed E-state index contributed by atoms with van der Waals surface area (Å²) in [7, 11) is 1.85. The Morgan fingerprint density at radius 1 is 1.38 bits per heavy atom. The summed E-state index contributed by atoms with van der Waals surface area (Å²) in [6, 6.07) is 8.29. The standard InChI is InChI=1S/C18H24N6O.HI/c1-19-17(23-7-5-18(11-23)6-8-25-12-18)21-10-15-3-2-4-16(9-15)24-14-20-13-22-24;/h2-4,9,13-14H,5-8,10-12H2,1H3,(H,19,21);1H. The van der Waals surface area contributed by atoms with E-state index in [2.05, 4.69) is 37.4 Å². The maximum Gasteiger partial charge on any atom is 0.193 e. The molecule has 1 aromatic carbocycles. The van der Waals surface area contributed by atoms with Crippen LogP contribution in [0.15, 0.2) is 41.9 Å². The molecule has 1 unspecified atom stereocenters. The molecule has 26 heavy (non-hydrogen) atoms. The molecule has 2 aliphatic rings. The Kier molecular flexibility index (Phi) is 6.13. The molecule has 2 aromatic rings. The van der Waals surface area contributed by atoms with Crippen molar-refractivity contribution < 1.29 is 4.74 Å². The van der Waals surface area contributed by atoms with Gasteiger partial charge in [-0.05, 0) is 30.5 Å². The second-order valence-corrected chi connectivity index (χ2v) is 6.88. The highest BCUT2D eigenvalue weighted by atomic mass is 127. The number of hydrogen-bond donors (Lipinski definition) is 1. The first-order chi connectivity index (χ1) is 12.3. The van der Waals surface area contributed by atoms with Gasteiger partial charge in [0.1, 0.15) is 12.7 Å². The molecule has 7 nitrogen and oxygen atoms in total. The van der Waals surface area contributed by atoms with Crippen LogP contribution in [0.3, 0.4) is 0 Å². The van der Waals surface area contributed by atoms with Gasteiger partial charge in [0, 0.05) is 38.7 Å². The maximum absolute atomic E-state index is 5.62. The molecule has 0 amide bonds. The van der Waals surface area contributed by atoms with Crippen molar-refractivity contribution in [3.8, 4) is 5.69 Å². The number of aromatic nitrogens is 3. The number of nitrogens with zero attached hydrogens (tertiary/aromatic N) is 5. The summed E-state index contributed by atoms with van der Waals surface area (Å²) in [6.07, 6.45) is 5.61. The second-order valence-electron chi connectivity index (χ2n) is 6.88. The normalized spacial score (nSPS) is 22.7. The van der Waals surface area contributed by atoms with Crippen molar-refractivity contribution in [3.63, 3.8) is 0 Å². The number of hydrogen-bond acceptors (Lipinski definition) is 4. The molecule has 2 saturated heterocycles. The van der Waals surface area contributed by atoms with E-state index >= 15 is 0 Å². The number of nitrogens with one attached hydrogen (secondary N) is 1. The van der Waals surface area contributed by atoms with Crippen LogP contribution in [-0.4, -0.2) is 59.0 Å². The summed E-state index contributed by atoms with van der Waals surface area (Å²) >= 11 is 0.